The maximum absolute atomic E-state index is 13.0. The van der Waals surface area contributed by atoms with E-state index in [4.69, 9.17) is 11.6 Å². The third kappa shape index (κ3) is 2.71. The average Bonchev–Trinajstić information content (AvgIpc) is 3.37. The van der Waals surface area contributed by atoms with E-state index in [1.54, 1.807) is 6.20 Å². The van der Waals surface area contributed by atoms with Crippen LogP contribution in [0.15, 0.2) is 30.7 Å². The lowest BCUT2D eigenvalue weighted by atomic mass is 10.2. The van der Waals surface area contributed by atoms with Crippen molar-refractivity contribution >= 4 is 34.5 Å². The van der Waals surface area contributed by atoms with Gasteiger partial charge in [-0.25, -0.2) is 9.97 Å². The minimum atomic E-state index is 0.0378. The van der Waals surface area contributed by atoms with E-state index >= 15 is 0 Å². The van der Waals surface area contributed by atoms with Gasteiger partial charge in [0, 0.05) is 37.6 Å². The van der Waals surface area contributed by atoms with Gasteiger partial charge in [0.05, 0.1) is 12.7 Å². The first kappa shape index (κ1) is 16.2. The van der Waals surface area contributed by atoms with Crippen LogP contribution in [-0.4, -0.2) is 55.2 Å². The molecule has 26 heavy (non-hydrogen) atoms. The van der Waals surface area contributed by atoms with Gasteiger partial charge in [0.25, 0.3) is 5.91 Å². The molecular weight excluding hydrogens is 370 g/mol. The summed E-state index contributed by atoms with van der Waals surface area (Å²) in [5.74, 6) is 0.0378. The molecule has 134 valence electrons. The van der Waals surface area contributed by atoms with Gasteiger partial charge in [-0.2, -0.15) is 0 Å². The normalized spacial score (nSPS) is 22.6. The second-order valence-electron chi connectivity index (χ2n) is 7.09. The lowest BCUT2D eigenvalue weighted by molar-refractivity contribution is 0.0611. The molecule has 0 saturated carbocycles. The molecule has 6 nitrogen and oxygen atoms in total. The molecule has 0 spiro atoms. The Morgan fingerprint density at radius 3 is 2.92 bits per heavy atom. The van der Waals surface area contributed by atoms with Crippen molar-refractivity contribution in [3.8, 4) is 0 Å². The number of hydrogen-bond acceptors (Lipinski definition) is 5. The molecule has 0 aliphatic carbocycles. The molecule has 0 radical (unpaired) electrons. The number of nitrogens with zero attached hydrogens (tertiary/aromatic N) is 5. The number of pyridine rings is 1. The number of aromatic nitrogens is 3. The fourth-order valence-electron chi connectivity index (χ4n) is 4.08. The van der Waals surface area contributed by atoms with E-state index in [1.165, 1.54) is 11.3 Å². The molecule has 2 saturated heterocycles. The van der Waals surface area contributed by atoms with Crippen molar-refractivity contribution < 1.29 is 4.79 Å². The van der Waals surface area contributed by atoms with Crippen LogP contribution in [0, 0.1) is 6.92 Å². The van der Waals surface area contributed by atoms with Gasteiger partial charge in [0.2, 0.25) is 0 Å². The number of halogens is 1. The highest BCUT2D eigenvalue weighted by Crippen LogP contribution is 2.33. The van der Waals surface area contributed by atoms with E-state index in [-0.39, 0.29) is 11.9 Å². The largest absolute Gasteiger partial charge is 0.331 e. The van der Waals surface area contributed by atoms with Gasteiger partial charge in [0.1, 0.15) is 20.7 Å². The minimum absolute atomic E-state index is 0.0378. The molecule has 2 aliphatic rings. The number of carbonyl (C=O) groups excluding carboxylic acids is 1. The Hall–Kier alpha value is -1.96. The van der Waals surface area contributed by atoms with Crippen LogP contribution < -0.4 is 0 Å². The zero-order valence-electron chi connectivity index (χ0n) is 14.3. The van der Waals surface area contributed by atoms with E-state index in [0.29, 0.717) is 11.7 Å². The van der Waals surface area contributed by atoms with Crippen LogP contribution in [0.2, 0.25) is 4.34 Å². The van der Waals surface area contributed by atoms with Gasteiger partial charge < -0.3 is 9.30 Å². The van der Waals surface area contributed by atoms with Crippen LogP contribution in [0.25, 0.3) is 5.65 Å². The summed E-state index contributed by atoms with van der Waals surface area (Å²) in [4.78, 5) is 26.2. The van der Waals surface area contributed by atoms with Crippen LogP contribution in [0.3, 0.4) is 0 Å². The van der Waals surface area contributed by atoms with Crippen molar-refractivity contribution in [3.63, 3.8) is 0 Å². The number of hydrogen-bond donors (Lipinski definition) is 0. The molecular formula is C18H18ClN5OS. The second-order valence-corrected chi connectivity index (χ2v) is 8.83. The van der Waals surface area contributed by atoms with Gasteiger partial charge in [-0.3, -0.25) is 9.69 Å². The number of amides is 1. The van der Waals surface area contributed by atoms with Crippen molar-refractivity contribution in [2.24, 2.45) is 0 Å². The maximum Gasteiger partial charge on any atom is 0.274 e. The van der Waals surface area contributed by atoms with E-state index in [2.05, 4.69) is 14.9 Å². The third-order valence-electron chi connectivity index (χ3n) is 5.30. The lowest BCUT2D eigenvalue weighted by Crippen LogP contribution is -2.48. The zero-order chi connectivity index (χ0) is 17.8. The Morgan fingerprint density at radius 1 is 1.31 bits per heavy atom. The number of aryl methyl sites for hydroxylation is 1. The monoisotopic (exact) mass is 387 g/mol. The topological polar surface area (TPSA) is 53.7 Å². The standard InChI is InChI=1S/C18H18ClN5OS/c1-11-2-3-16-21-14(9-23(16)6-11)18(25)24-8-12-4-13(24)7-22(12)10-17-20-5-15(19)26-17/h2-3,5-6,9,12-13H,4,7-8,10H2,1H3/t12-,13-/m0/s1. The molecule has 5 heterocycles. The molecule has 8 heteroatoms. The molecule has 0 unspecified atom stereocenters. The number of carbonyl (C=O) groups is 1. The molecule has 2 aliphatic heterocycles. The van der Waals surface area contributed by atoms with Gasteiger partial charge in [-0.15, -0.1) is 11.3 Å². The summed E-state index contributed by atoms with van der Waals surface area (Å²) < 4.78 is 2.65. The van der Waals surface area contributed by atoms with Gasteiger partial charge >= 0.3 is 0 Å². The zero-order valence-corrected chi connectivity index (χ0v) is 15.9. The molecule has 0 N–H and O–H groups in total. The molecule has 2 atom stereocenters. The summed E-state index contributed by atoms with van der Waals surface area (Å²) in [6, 6.07) is 4.61. The van der Waals surface area contributed by atoms with Crippen molar-refractivity contribution in [2.45, 2.75) is 32.0 Å². The van der Waals surface area contributed by atoms with E-state index in [1.807, 2.05) is 40.8 Å². The molecule has 3 aromatic heterocycles. The number of likely N-dealkylation sites (tertiary alicyclic amines) is 2. The summed E-state index contributed by atoms with van der Waals surface area (Å²) in [5.41, 5.74) is 2.49. The lowest BCUT2D eigenvalue weighted by Gasteiger charge is -2.33. The van der Waals surface area contributed by atoms with Crippen LogP contribution in [0.1, 0.15) is 27.5 Å². The average molecular weight is 388 g/mol. The van der Waals surface area contributed by atoms with Crippen molar-refractivity contribution in [1.82, 2.24) is 24.2 Å². The predicted octanol–water partition coefficient (Wildman–Crippen LogP) is 2.85. The summed E-state index contributed by atoms with van der Waals surface area (Å²) in [6.45, 7) is 4.49. The second kappa shape index (κ2) is 6.04. The van der Waals surface area contributed by atoms with Crippen molar-refractivity contribution in [3.05, 3.63) is 51.3 Å². The first-order chi connectivity index (χ1) is 12.6. The molecule has 1 amide bonds. The number of imidazole rings is 1. The first-order valence-electron chi connectivity index (χ1n) is 8.67. The highest BCUT2D eigenvalue weighted by atomic mass is 35.5. The van der Waals surface area contributed by atoms with Crippen LogP contribution in [0.5, 0.6) is 0 Å². The van der Waals surface area contributed by atoms with E-state index < -0.39 is 0 Å². The molecule has 5 rings (SSSR count). The van der Waals surface area contributed by atoms with Gasteiger partial charge in [-0.05, 0) is 25.0 Å². The number of piperazine rings is 1. The Bertz CT molecular complexity index is 999. The number of thiazole rings is 1. The van der Waals surface area contributed by atoms with Crippen molar-refractivity contribution in [2.75, 3.05) is 13.1 Å². The fraction of sp³-hybridized carbons (Fsp3) is 0.389. The Morgan fingerprint density at radius 2 is 2.19 bits per heavy atom. The Kier molecular flexibility index (Phi) is 3.77. The van der Waals surface area contributed by atoms with Gasteiger partial charge in [-0.1, -0.05) is 17.7 Å². The van der Waals surface area contributed by atoms with Crippen LogP contribution in [-0.2, 0) is 6.54 Å². The number of rotatable bonds is 3. The summed E-state index contributed by atoms with van der Waals surface area (Å²) in [5, 5.41) is 1.04. The molecule has 0 aromatic carbocycles. The highest BCUT2D eigenvalue weighted by molar-refractivity contribution is 7.15. The highest BCUT2D eigenvalue weighted by Gasteiger charge is 2.45. The minimum Gasteiger partial charge on any atom is -0.331 e. The van der Waals surface area contributed by atoms with Gasteiger partial charge in [0.15, 0.2) is 0 Å². The first-order valence-corrected chi connectivity index (χ1v) is 9.87. The quantitative estimate of drug-likeness (QED) is 0.693. The third-order valence-corrected chi connectivity index (χ3v) is 6.40. The predicted molar refractivity (Wildman–Crippen MR) is 101 cm³/mol. The molecule has 2 bridgehead atoms. The summed E-state index contributed by atoms with van der Waals surface area (Å²) >= 11 is 7.51. The van der Waals surface area contributed by atoms with Crippen LogP contribution in [0.4, 0.5) is 0 Å². The van der Waals surface area contributed by atoms with Crippen molar-refractivity contribution in [1.29, 1.82) is 0 Å². The molecule has 2 fully saturated rings. The summed E-state index contributed by atoms with van der Waals surface area (Å²) in [6.07, 6.45) is 6.57. The summed E-state index contributed by atoms with van der Waals surface area (Å²) in [7, 11) is 0. The fourth-order valence-corrected chi connectivity index (χ4v) is 5.06. The number of fused-ring (bicyclic) bond motifs is 3. The Balaban J connectivity index is 1.31. The molecule has 3 aromatic rings. The van der Waals surface area contributed by atoms with E-state index in [0.717, 1.165) is 46.6 Å². The maximum atomic E-state index is 13.0. The van der Waals surface area contributed by atoms with Crippen LogP contribution >= 0.6 is 22.9 Å². The Labute approximate surface area is 160 Å². The SMILES string of the molecule is Cc1ccc2nc(C(=O)N3C[C@@H]4C[C@H]3CN4Cc3ncc(Cl)s3)cn2c1. The van der Waals surface area contributed by atoms with E-state index in [9.17, 15) is 4.79 Å². The smallest absolute Gasteiger partial charge is 0.274 e.